The molecule has 23 heavy (non-hydrogen) atoms. The van der Waals surface area contributed by atoms with Crippen molar-refractivity contribution in [3.63, 3.8) is 0 Å². The number of hydrogen-bond acceptors (Lipinski definition) is 1. The molecule has 0 saturated carbocycles. The van der Waals surface area contributed by atoms with Gasteiger partial charge in [-0.1, -0.05) is 38.0 Å². The Morgan fingerprint density at radius 2 is 2.04 bits per heavy atom. The molecule has 1 atom stereocenters. The molecule has 1 aromatic carbocycles. The van der Waals surface area contributed by atoms with Crippen LogP contribution in [0.5, 0.6) is 5.75 Å². The topological polar surface area (TPSA) is 9.23 Å². The first kappa shape index (κ1) is 17.7. The van der Waals surface area contributed by atoms with Gasteiger partial charge in [0.15, 0.2) is 11.6 Å². The summed E-state index contributed by atoms with van der Waals surface area (Å²) in [5.74, 6) is -1.23. The molecule has 2 rings (SSSR count). The summed E-state index contributed by atoms with van der Waals surface area (Å²) < 4.78 is 32.8. The molecule has 1 aliphatic carbocycles. The number of rotatable bonds is 7. The normalized spacial score (nSPS) is 18.3. The first-order valence-electron chi connectivity index (χ1n) is 8.55. The van der Waals surface area contributed by atoms with E-state index in [1.807, 2.05) is 0 Å². The molecule has 0 spiro atoms. The second kappa shape index (κ2) is 8.85. The van der Waals surface area contributed by atoms with Gasteiger partial charge in [-0.2, -0.15) is 4.39 Å². The van der Waals surface area contributed by atoms with Crippen molar-refractivity contribution in [2.75, 3.05) is 7.11 Å². The molecular weight excluding hydrogens is 294 g/mol. The minimum atomic E-state index is -0.899. The average Bonchev–Trinajstić information content (AvgIpc) is 2.58. The van der Waals surface area contributed by atoms with Crippen LogP contribution in [-0.2, 0) is 0 Å². The van der Waals surface area contributed by atoms with Gasteiger partial charge in [0.05, 0.1) is 7.11 Å². The predicted octanol–water partition coefficient (Wildman–Crippen LogP) is 6.29. The monoisotopic (exact) mass is 320 g/mol. The largest absolute Gasteiger partial charge is 0.494 e. The lowest BCUT2D eigenvalue weighted by Gasteiger charge is -2.20. The van der Waals surface area contributed by atoms with Crippen LogP contribution < -0.4 is 4.74 Å². The van der Waals surface area contributed by atoms with E-state index in [-0.39, 0.29) is 5.75 Å². The van der Waals surface area contributed by atoms with Crippen molar-refractivity contribution in [2.45, 2.75) is 51.9 Å². The van der Waals surface area contributed by atoms with Gasteiger partial charge >= 0.3 is 0 Å². The Morgan fingerprint density at radius 1 is 1.22 bits per heavy atom. The molecule has 0 N–H and O–H groups in total. The summed E-state index contributed by atoms with van der Waals surface area (Å²) in [6, 6.07) is 3.11. The Balaban J connectivity index is 1.98. The molecule has 0 heterocycles. The lowest BCUT2D eigenvalue weighted by molar-refractivity contribution is 0.371. The molecule has 0 fully saturated rings. The van der Waals surface area contributed by atoms with E-state index >= 15 is 0 Å². The van der Waals surface area contributed by atoms with Crippen LogP contribution in [0.4, 0.5) is 8.78 Å². The van der Waals surface area contributed by atoms with Crippen molar-refractivity contribution in [1.82, 2.24) is 0 Å². The number of unbranched alkanes of at least 4 members (excludes halogenated alkanes) is 3. The van der Waals surface area contributed by atoms with E-state index in [4.69, 9.17) is 4.74 Å². The molecule has 0 aliphatic heterocycles. The maximum Gasteiger partial charge on any atom is 0.201 e. The molecule has 1 unspecified atom stereocenters. The number of benzene rings is 1. The second-order valence-electron chi connectivity index (χ2n) is 6.13. The molecule has 0 bridgehead atoms. The summed E-state index contributed by atoms with van der Waals surface area (Å²) in [6.07, 6.45) is 14.2. The standard InChI is InChI=1S/C20H26F2O/c1-3-4-5-6-7-8-15-9-11-16(12-10-15)17-13-14-18(23-2)20(22)19(17)21/h7-8,11,13-15H,3-6,9-10,12H2,1-2H3. The second-order valence-corrected chi connectivity index (χ2v) is 6.13. The van der Waals surface area contributed by atoms with Crippen LogP contribution in [0.2, 0.25) is 0 Å². The summed E-state index contributed by atoms with van der Waals surface area (Å²) in [7, 11) is 1.34. The van der Waals surface area contributed by atoms with Gasteiger partial charge in [0.1, 0.15) is 0 Å². The van der Waals surface area contributed by atoms with Crippen molar-refractivity contribution in [3.8, 4) is 5.75 Å². The zero-order chi connectivity index (χ0) is 16.7. The Morgan fingerprint density at radius 3 is 2.70 bits per heavy atom. The number of methoxy groups -OCH3 is 1. The van der Waals surface area contributed by atoms with E-state index in [1.165, 1.54) is 32.4 Å². The minimum Gasteiger partial charge on any atom is -0.494 e. The number of halogens is 2. The van der Waals surface area contributed by atoms with Crippen molar-refractivity contribution < 1.29 is 13.5 Å². The molecule has 0 aromatic heterocycles. The zero-order valence-electron chi connectivity index (χ0n) is 14.1. The van der Waals surface area contributed by atoms with E-state index in [2.05, 4.69) is 25.2 Å². The Bertz CT molecular complexity index is 575. The molecule has 3 heteroatoms. The molecule has 1 aliphatic rings. The molecule has 0 saturated heterocycles. The van der Waals surface area contributed by atoms with Gasteiger partial charge in [0.2, 0.25) is 5.82 Å². The molecule has 0 radical (unpaired) electrons. The van der Waals surface area contributed by atoms with Crippen LogP contribution in [0.3, 0.4) is 0 Å². The quantitative estimate of drug-likeness (QED) is 0.423. The summed E-state index contributed by atoms with van der Waals surface area (Å²) in [4.78, 5) is 0. The fourth-order valence-corrected chi connectivity index (χ4v) is 3.01. The number of hydrogen-bond donors (Lipinski definition) is 0. The van der Waals surface area contributed by atoms with Crippen LogP contribution >= 0.6 is 0 Å². The third-order valence-corrected chi connectivity index (χ3v) is 4.45. The van der Waals surface area contributed by atoms with Crippen LogP contribution in [0.1, 0.15) is 57.4 Å². The summed E-state index contributed by atoms with van der Waals surface area (Å²) in [5, 5.41) is 0. The summed E-state index contributed by atoms with van der Waals surface area (Å²) >= 11 is 0. The van der Waals surface area contributed by atoms with Gasteiger partial charge in [0.25, 0.3) is 0 Å². The molecular formula is C20H26F2O. The SMILES string of the molecule is CCCCCC=CC1CC=C(c2ccc(OC)c(F)c2F)CC1. The van der Waals surface area contributed by atoms with Gasteiger partial charge in [-0.15, -0.1) is 0 Å². The fraction of sp³-hybridized carbons (Fsp3) is 0.500. The molecule has 1 nitrogen and oxygen atoms in total. The van der Waals surface area contributed by atoms with Gasteiger partial charge in [-0.05, 0) is 55.7 Å². The maximum atomic E-state index is 14.1. The van der Waals surface area contributed by atoms with Crippen molar-refractivity contribution in [2.24, 2.45) is 5.92 Å². The van der Waals surface area contributed by atoms with Crippen LogP contribution in [0.15, 0.2) is 30.4 Å². The molecule has 1 aromatic rings. The average molecular weight is 320 g/mol. The first-order valence-corrected chi connectivity index (χ1v) is 8.55. The summed E-state index contributed by atoms with van der Waals surface area (Å²) in [6.45, 7) is 2.21. The minimum absolute atomic E-state index is 0.0458. The zero-order valence-corrected chi connectivity index (χ0v) is 14.1. The van der Waals surface area contributed by atoms with E-state index < -0.39 is 11.6 Å². The fourth-order valence-electron chi connectivity index (χ4n) is 3.01. The van der Waals surface area contributed by atoms with Crippen LogP contribution in [0.25, 0.3) is 5.57 Å². The van der Waals surface area contributed by atoms with Gasteiger partial charge in [-0.25, -0.2) is 4.39 Å². The van der Waals surface area contributed by atoms with Gasteiger partial charge in [0, 0.05) is 5.56 Å². The Labute approximate surface area is 138 Å². The highest BCUT2D eigenvalue weighted by molar-refractivity contribution is 5.67. The number of ether oxygens (including phenoxy) is 1. The first-order chi connectivity index (χ1) is 11.2. The van der Waals surface area contributed by atoms with Gasteiger partial charge < -0.3 is 4.74 Å². The van der Waals surface area contributed by atoms with Crippen LogP contribution in [0, 0.1) is 17.6 Å². The van der Waals surface area contributed by atoms with Gasteiger partial charge in [-0.3, -0.25) is 0 Å². The predicted molar refractivity (Wildman–Crippen MR) is 91.5 cm³/mol. The summed E-state index contributed by atoms with van der Waals surface area (Å²) in [5.41, 5.74) is 1.27. The third-order valence-electron chi connectivity index (χ3n) is 4.45. The van der Waals surface area contributed by atoms with E-state index in [0.29, 0.717) is 11.5 Å². The van der Waals surface area contributed by atoms with E-state index in [9.17, 15) is 8.78 Å². The molecule has 126 valence electrons. The lowest BCUT2D eigenvalue weighted by Crippen LogP contribution is -2.05. The number of allylic oxidation sites excluding steroid dienone is 4. The molecule has 0 amide bonds. The Kier molecular flexibility index (Phi) is 6.82. The Hall–Kier alpha value is -1.64. The highest BCUT2D eigenvalue weighted by Gasteiger charge is 2.19. The maximum absolute atomic E-state index is 14.1. The third kappa shape index (κ3) is 4.66. The van der Waals surface area contributed by atoms with E-state index in [0.717, 1.165) is 31.3 Å². The van der Waals surface area contributed by atoms with Crippen molar-refractivity contribution in [1.29, 1.82) is 0 Å². The van der Waals surface area contributed by atoms with Crippen molar-refractivity contribution in [3.05, 3.63) is 47.6 Å². The highest BCUT2D eigenvalue weighted by Crippen LogP contribution is 2.34. The highest BCUT2D eigenvalue weighted by atomic mass is 19.2. The van der Waals surface area contributed by atoms with Crippen LogP contribution in [-0.4, -0.2) is 7.11 Å². The lowest BCUT2D eigenvalue weighted by atomic mass is 9.86. The smallest absolute Gasteiger partial charge is 0.201 e. The van der Waals surface area contributed by atoms with Crippen molar-refractivity contribution >= 4 is 5.57 Å². The van der Waals surface area contributed by atoms with E-state index in [1.54, 1.807) is 6.07 Å².